The van der Waals surface area contributed by atoms with Gasteiger partial charge in [0.2, 0.25) is 0 Å². The summed E-state index contributed by atoms with van der Waals surface area (Å²) in [5.41, 5.74) is 2.04. The fraction of sp³-hybridized carbons (Fsp3) is 0.562. The second kappa shape index (κ2) is 6.86. The molecule has 0 aromatic heterocycles. The molecule has 1 aliphatic heterocycles. The number of benzene rings is 1. The highest BCUT2D eigenvalue weighted by atomic mass is 16.5. The van der Waals surface area contributed by atoms with Gasteiger partial charge in [0, 0.05) is 24.9 Å². The molecule has 2 atom stereocenters. The number of ether oxygens (including phenoxy) is 1. The summed E-state index contributed by atoms with van der Waals surface area (Å²) in [6, 6.07) is 8.41. The van der Waals surface area contributed by atoms with E-state index in [2.05, 4.69) is 31.4 Å². The maximum absolute atomic E-state index is 12.1. The maximum Gasteiger partial charge on any atom is 0.253 e. The molecule has 0 saturated carbocycles. The fourth-order valence-electron chi connectivity index (χ4n) is 2.27. The Labute approximate surface area is 120 Å². The van der Waals surface area contributed by atoms with Crippen molar-refractivity contribution in [2.75, 3.05) is 11.9 Å². The molecule has 1 heterocycles. The summed E-state index contributed by atoms with van der Waals surface area (Å²) >= 11 is 0. The molecule has 1 aromatic rings. The lowest BCUT2D eigenvalue weighted by Crippen LogP contribution is -2.31. The highest BCUT2D eigenvalue weighted by Gasteiger charge is 2.30. The molecule has 2 unspecified atom stereocenters. The molecule has 0 spiro atoms. The standard InChI is InChI=1S/C16H24N2O2/c1-11(2)17-10-13-4-6-14(7-5-13)18-16(19)15-12(3)8-9-20-15/h4-7,11-12,15,17H,8-10H2,1-3H3,(H,18,19). The Kier molecular flexibility index (Phi) is 5.15. The third-order valence-electron chi connectivity index (χ3n) is 3.58. The van der Waals surface area contributed by atoms with E-state index in [0.717, 1.165) is 18.7 Å². The topological polar surface area (TPSA) is 50.4 Å². The van der Waals surface area contributed by atoms with Gasteiger partial charge in [0.05, 0.1) is 0 Å². The normalized spacial score (nSPS) is 22.2. The van der Waals surface area contributed by atoms with Crippen LogP contribution in [0.4, 0.5) is 5.69 Å². The molecule has 2 rings (SSSR count). The van der Waals surface area contributed by atoms with Crippen LogP contribution in [-0.4, -0.2) is 24.7 Å². The van der Waals surface area contributed by atoms with Crippen LogP contribution in [0, 0.1) is 5.92 Å². The highest BCUT2D eigenvalue weighted by molar-refractivity contribution is 5.94. The van der Waals surface area contributed by atoms with Crippen LogP contribution in [0.2, 0.25) is 0 Å². The van der Waals surface area contributed by atoms with Gasteiger partial charge in [-0.25, -0.2) is 0 Å². The van der Waals surface area contributed by atoms with Gasteiger partial charge in [-0.3, -0.25) is 4.79 Å². The lowest BCUT2D eigenvalue weighted by Gasteiger charge is -2.15. The molecular formula is C16H24N2O2. The smallest absolute Gasteiger partial charge is 0.253 e. The monoisotopic (exact) mass is 276 g/mol. The third kappa shape index (κ3) is 4.05. The molecule has 20 heavy (non-hydrogen) atoms. The van der Waals surface area contributed by atoms with E-state index in [4.69, 9.17) is 4.74 Å². The first kappa shape index (κ1) is 15.0. The number of carbonyl (C=O) groups excluding carboxylic acids is 1. The quantitative estimate of drug-likeness (QED) is 0.869. The van der Waals surface area contributed by atoms with E-state index in [1.165, 1.54) is 5.56 Å². The van der Waals surface area contributed by atoms with Gasteiger partial charge in [0.15, 0.2) is 0 Å². The van der Waals surface area contributed by atoms with E-state index in [0.29, 0.717) is 18.6 Å². The fourth-order valence-corrected chi connectivity index (χ4v) is 2.27. The van der Waals surface area contributed by atoms with Crippen molar-refractivity contribution in [3.63, 3.8) is 0 Å². The van der Waals surface area contributed by atoms with Crippen molar-refractivity contribution in [1.82, 2.24) is 5.32 Å². The number of hydrogen-bond donors (Lipinski definition) is 2. The highest BCUT2D eigenvalue weighted by Crippen LogP contribution is 2.21. The Morgan fingerprint density at radius 1 is 1.35 bits per heavy atom. The van der Waals surface area contributed by atoms with Crippen LogP contribution < -0.4 is 10.6 Å². The number of carbonyl (C=O) groups is 1. The van der Waals surface area contributed by atoms with Crippen molar-refractivity contribution in [2.24, 2.45) is 5.92 Å². The minimum absolute atomic E-state index is 0.0388. The van der Waals surface area contributed by atoms with Crippen molar-refractivity contribution in [2.45, 2.75) is 45.9 Å². The summed E-state index contributed by atoms with van der Waals surface area (Å²) < 4.78 is 5.47. The number of rotatable bonds is 5. The average Bonchev–Trinajstić information content (AvgIpc) is 2.84. The van der Waals surface area contributed by atoms with Gasteiger partial charge in [0.25, 0.3) is 5.91 Å². The average molecular weight is 276 g/mol. The van der Waals surface area contributed by atoms with Gasteiger partial charge in [0.1, 0.15) is 6.10 Å². The van der Waals surface area contributed by atoms with Crippen LogP contribution in [0.5, 0.6) is 0 Å². The van der Waals surface area contributed by atoms with Crippen LogP contribution in [0.15, 0.2) is 24.3 Å². The number of anilines is 1. The van der Waals surface area contributed by atoms with Crippen molar-refractivity contribution in [3.05, 3.63) is 29.8 Å². The van der Waals surface area contributed by atoms with E-state index in [1.807, 2.05) is 24.3 Å². The van der Waals surface area contributed by atoms with Gasteiger partial charge in [-0.15, -0.1) is 0 Å². The van der Waals surface area contributed by atoms with Crippen LogP contribution in [0.3, 0.4) is 0 Å². The van der Waals surface area contributed by atoms with E-state index in [9.17, 15) is 4.79 Å². The SMILES string of the molecule is CC(C)NCc1ccc(NC(=O)C2OCCC2C)cc1. The first-order valence-electron chi connectivity index (χ1n) is 7.31. The molecule has 1 saturated heterocycles. The molecule has 4 nitrogen and oxygen atoms in total. The molecule has 4 heteroatoms. The Hall–Kier alpha value is -1.39. The number of amides is 1. The number of nitrogens with one attached hydrogen (secondary N) is 2. The Balaban J connectivity index is 1.88. The first-order valence-corrected chi connectivity index (χ1v) is 7.31. The summed E-state index contributed by atoms with van der Waals surface area (Å²) in [6.07, 6.45) is 0.648. The first-order chi connectivity index (χ1) is 9.56. The van der Waals surface area contributed by atoms with Crippen molar-refractivity contribution in [3.8, 4) is 0 Å². The molecule has 0 aliphatic carbocycles. The summed E-state index contributed by atoms with van der Waals surface area (Å²) in [7, 11) is 0. The summed E-state index contributed by atoms with van der Waals surface area (Å²) in [5, 5.41) is 6.29. The van der Waals surface area contributed by atoms with Gasteiger partial charge in [-0.05, 0) is 30.0 Å². The second-order valence-electron chi connectivity index (χ2n) is 5.78. The molecule has 110 valence electrons. The maximum atomic E-state index is 12.1. The molecule has 1 aromatic carbocycles. The van der Waals surface area contributed by atoms with Gasteiger partial charge in [-0.2, -0.15) is 0 Å². The van der Waals surface area contributed by atoms with Crippen LogP contribution >= 0.6 is 0 Å². The van der Waals surface area contributed by atoms with E-state index >= 15 is 0 Å². The zero-order valence-corrected chi connectivity index (χ0v) is 12.5. The Morgan fingerprint density at radius 2 is 2.05 bits per heavy atom. The molecule has 0 radical (unpaired) electrons. The molecule has 1 amide bonds. The Morgan fingerprint density at radius 3 is 2.60 bits per heavy atom. The van der Waals surface area contributed by atoms with Crippen molar-refractivity contribution < 1.29 is 9.53 Å². The van der Waals surface area contributed by atoms with E-state index in [-0.39, 0.29) is 12.0 Å². The van der Waals surface area contributed by atoms with E-state index in [1.54, 1.807) is 0 Å². The predicted octanol–water partition coefficient (Wildman–Crippen LogP) is 2.55. The number of hydrogen-bond acceptors (Lipinski definition) is 3. The largest absolute Gasteiger partial charge is 0.368 e. The Bertz CT molecular complexity index is 442. The lowest BCUT2D eigenvalue weighted by atomic mass is 10.0. The van der Waals surface area contributed by atoms with Crippen LogP contribution in [0.1, 0.15) is 32.8 Å². The molecule has 1 fully saturated rings. The zero-order valence-electron chi connectivity index (χ0n) is 12.5. The molecule has 2 N–H and O–H groups in total. The minimum atomic E-state index is -0.308. The molecule has 0 bridgehead atoms. The van der Waals surface area contributed by atoms with Crippen molar-refractivity contribution >= 4 is 11.6 Å². The van der Waals surface area contributed by atoms with Crippen LogP contribution in [0.25, 0.3) is 0 Å². The van der Waals surface area contributed by atoms with Gasteiger partial charge in [-0.1, -0.05) is 32.9 Å². The van der Waals surface area contributed by atoms with Gasteiger partial charge >= 0.3 is 0 Å². The van der Waals surface area contributed by atoms with E-state index < -0.39 is 0 Å². The van der Waals surface area contributed by atoms with Crippen LogP contribution in [-0.2, 0) is 16.1 Å². The predicted molar refractivity (Wildman–Crippen MR) is 80.6 cm³/mol. The molecular weight excluding hydrogens is 252 g/mol. The molecule has 1 aliphatic rings. The second-order valence-corrected chi connectivity index (χ2v) is 5.78. The minimum Gasteiger partial charge on any atom is -0.368 e. The summed E-state index contributed by atoms with van der Waals surface area (Å²) in [5.74, 6) is 0.257. The van der Waals surface area contributed by atoms with Gasteiger partial charge < -0.3 is 15.4 Å². The zero-order chi connectivity index (χ0) is 14.5. The van der Waals surface area contributed by atoms with Crippen molar-refractivity contribution in [1.29, 1.82) is 0 Å². The lowest BCUT2D eigenvalue weighted by molar-refractivity contribution is -0.126. The summed E-state index contributed by atoms with van der Waals surface area (Å²) in [4.78, 5) is 12.1. The summed E-state index contributed by atoms with van der Waals surface area (Å²) in [6.45, 7) is 7.82. The third-order valence-corrected chi connectivity index (χ3v) is 3.58.